The van der Waals surface area contributed by atoms with E-state index in [1.165, 1.54) is 12.3 Å². The summed E-state index contributed by atoms with van der Waals surface area (Å²) in [5.41, 5.74) is 2.91. The zero-order valence-corrected chi connectivity index (χ0v) is 15.1. The second-order valence-electron chi connectivity index (χ2n) is 5.79. The van der Waals surface area contributed by atoms with E-state index in [-0.39, 0.29) is 10.7 Å². The number of halogens is 1. The fraction of sp³-hybridized carbons (Fsp3) is 0.0952. The van der Waals surface area contributed by atoms with Crippen LogP contribution in [0.1, 0.15) is 21.5 Å². The van der Waals surface area contributed by atoms with Crippen LogP contribution in [-0.4, -0.2) is 23.5 Å². The van der Waals surface area contributed by atoms with E-state index in [2.05, 4.69) is 10.3 Å². The van der Waals surface area contributed by atoms with Crippen molar-refractivity contribution in [3.8, 4) is 0 Å². The molecule has 0 fully saturated rings. The Bertz CT molecular complexity index is 945. The van der Waals surface area contributed by atoms with E-state index in [0.717, 1.165) is 11.1 Å². The Balaban J connectivity index is 1.61. The number of nitrogens with zero attached hydrogens (tertiary/aromatic N) is 1. The molecule has 6 heteroatoms. The van der Waals surface area contributed by atoms with E-state index in [4.69, 9.17) is 16.3 Å². The molecular formula is C21H17ClN2O3. The van der Waals surface area contributed by atoms with Crippen molar-refractivity contribution in [3.05, 3.63) is 94.8 Å². The van der Waals surface area contributed by atoms with Gasteiger partial charge in [0, 0.05) is 11.9 Å². The summed E-state index contributed by atoms with van der Waals surface area (Å²) in [6.07, 6.45) is 2.15. The Labute approximate surface area is 162 Å². The Morgan fingerprint density at radius 1 is 0.963 bits per heavy atom. The number of amides is 1. The summed E-state index contributed by atoms with van der Waals surface area (Å²) < 4.78 is 5.03. The van der Waals surface area contributed by atoms with Crippen LogP contribution in [0.2, 0.25) is 5.15 Å². The number of hydrogen-bond donors (Lipinski definition) is 1. The first-order chi connectivity index (χ1) is 13.1. The first-order valence-electron chi connectivity index (χ1n) is 8.33. The molecule has 0 bridgehead atoms. The van der Waals surface area contributed by atoms with E-state index < -0.39 is 18.5 Å². The van der Waals surface area contributed by atoms with Crippen molar-refractivity contribution in [2.75, 3.05) is 11.9 Å². The third-order valence-corrected chi connectivity index (χ3v) is 4.14. The zero-order chi connectivity index (χ0) is 19.1. The van der Waals surface area contributed by atoms with Gasteiger partial charge in [0.25, 0.3) is 5.91 Å². The number of hydrogen-bond acceptors (Lipinski definition) is 4. The molecule has 136 valence electrons. The molecule has 2 aromatic carbocycles. The number of aromatic nitrogens is 1. The number of carbonyl (C=O) groups excluding carboxylic acids is 2. The standard InChI is InChI=1S/C21H17ClN2O3/c22-20-17(10-6-12-23-20)21(26)27-14-19(25)24-18-11-5-4-9-16(18)13-15-7-2-1-3-8-15/h1-12H,13-14H2,(H,24,25). The van der Waals surface area contributed by atoms with Gasteiger partial charge in [0.1, 0.15) is 5.15 Å². The molecule has 1 aromatic heterocycles. The van der Waals surface area contributed by atoms with E-state index >= 15 is 0 Å². The van der Waals surface area contributed by atoms with Gasteiger partial charge in [0.05, 0.1) is 5.56 Å². The highest BCUT2D eigenvalue weighted by molar-refractivity contribution is 6.32. The average molecular weight is 381 g/mol. The highest BCUT2D eigenvalue weighted by Crippen LogP contribution is 2.19. The van der Waals surface area contributed by atoms with Crippen LogP contribution in [0.5, 0.6) is 0 Å². The number of benzene rings is 2. The third-order valence-electron chi connectivity index (χ3n) is 3.84. The summed E-state index contributed by atoms with van der Waals surface area (Å²) in [6, 6.07) is 20.5. The molecule has 0 aliphatic rings. The van der Waals surface area contributed by atoms with Crippen LogP contribution in [0.25, 0.3) is 0 Å². The van der Waals surface area contributed by atoms with Gasteiger partial charge in [0.2, 0.25) is 0 Å². The maximum atomic E-state index is 12.2. The zero-order valence-electron chi connectivity index (χ0n) is 14.4. The molecule has 0 aliphatic heterocycles. The maximum absolute atomic E-state index is 12.2. The molecule has 0 atom stereocenters. The third kappa shape index (κ3) is 5.15. The van der Waals surface area contributed by atoms with E-state index in [0.29, 0.717) is 12.1 Å². The molecule has 3 aromatic rings. The van der Waals surface area contributed by atoms with Gasteiger partial charge in [-0.25, -0.2) is 9.78 Å². The van der Waals surface area contributed by atoms with Crippen LogP contribution >= 0.6 is 11.6 Å². The molecule has 1 heterocycles. The second-order valence-corrected chi connectivity index (χ2v) is 6.14. The van der Waals surface area contributed by atoms with Gasteiger partial charge in [-0.05, 0) is 35.7 Å². The Morgan fingerprint density at radius 2 is 1.70 bits per heavy atom. The molecular weight excluding hydrogens is 364 g/mol. The number of ether oxygens (including phenoxy) is 1. The second kappa shape index (κ2) is 8.96. The lowest BCUT2D eigenvalue weighted by molar-refractivity contribution is -0.119. The summed E-state index contributed by atoms with van der Waals surface area (Å²) in [7, 11) is 0. The van der Waals surface area contributed by atoms with Crippen molar-refractivity contribution >= 4 is 29.2 Å². The van der Waals surface area contributed by atoms with Crippen LogP contribution in [0.4, 0.5) is 5.69 Å². The first kappa shape index (κ1) is 18.6. The minimum atomic E-state index is -0.694. The van der Waals surface area contributed by atoms with Gasteiger partial charge in [0.15, 0.2) is 6.61 Å². The van der Waals surface area contributed by atoms with Crippen molar-refractivity contribution in [2.45, 2.75) is 6.42 Å². The van der Waals surface area contributed by atoms with Crippen molar-refractivity contribution < 1.29 is 14.3 Å². The molecule has 1 N–H and O–H groups in total. The van der Waals surface area contributed by atoms with E-state index in [1.54, 1.807) is 6.07 Å². The first-order valence-corrected chi connectivity index (χ1v) is 8.70. The van der Waals surface area contributed by atoms with Gasteiger partial charge in [-0.1, -0.05) is 60.1 Å². The van der Waals surface area contributed by atoms with Gasteiger partial charge >= 0.3 is 5.97 Å². The Hall–Kier alpha value is -3.18. The molecule has 3 rings (SSSR count). The highest BCUT2D eigenvalue weighted by Gasteiger charge is 2.15. The summed E-state index contributed by atoms with van der Waals surface area (Å²) >= 11 is 5.85. The fourth-order valence-corrected chi connectivity index (χ4v) is 2.74. The Morgan fingerprint density at radius 3 is 2.48 bits per heavy atom. The smallest absolute Gasteiger partial charge is 0.341 e. The van der Waals surface area contributed by atoms with Gasteiger partial charge in [-0.15, -0.1) is 0 Å². The van der Waals surface area contributed by atoms with Crippen molar-refractivity contribution in [3.63, 3.8) is 0 Å². The summed E-state index contributed by atoms with van der Waals surface area (Å²) in [5.74, 6) is -1.12. The van der Waals surface area contributed by atoms with Crippen molar-refractivity contribution in [2.24, 2.45) is 0 Å². The van der Waals surface area contributed by atoms with Crippen LogP contribution < -0.4 is 5.32 Å². The fourth-order valence-electron chi connectivity index (χ4n) is 2.55. The van der Waals surface area contributed by atoms with Crippen molar-refractivity contribution in [1.29, 1.82) is 0 Å². The molecule has 27 heavy (non-hydrogen) atoms. The highest BCUT2D eigenvalue weighted by atomic mass is 35.5. The van der Waals surface area contributed by atoms with Crippen LogP contribution in [0.15, 0.2) is 72.9 Å². The molecule has 0 radical (unpaired) electrons. The molecule has 5 nitrogen and oxygen atoms in total. The van der Waals surface area contributed by atoms with Gasteiger partial charge < -0.3 is 10.1 Å². The molecule has 0 aliphatic carbocycles. The number of anilines is 1. The number of nitrogens with one attached hydrogen (secondary N) is 1. The Kier molecular flexibility index (Phi) is 6.18. The van der Waals surface area contributed by atoms with E-state index in [1.807, 2.05) is 54.6 Å². The topological polar surface area (TPSA) is 68.3 Å². The SMILES string of the molecule is O=C(COC(=O)c1cccnc1Cl)Nc1ccccc1Cc1ccccc1. The van der Waals surface area contributed by atoms with E-state index in [9.17, 15) is 9.59 Å². The average Bonchev–Trinajstić information content (AvgIpc) is 2.69. The van der Waals surface area contributed by atoms with Crippen LogP contribution in [0.3, 0.4) is 0 Å². The number of para-hydroxylation sites is 1. The van der Waals surface area contributed by atoms with Gasteiger partial charge in [-0.2, -0.15) is 0 Å². The largest absolute Gasteiger partial charge is 0.452 e. The monoisotopic (exact) mass is 380 g/mol. The minimum Gasteiger partial charge on any atom is -0.452 e. The lowest BCUT2D eigenvalue weighted by Gasteiger charge is -2.11. The number of rotatable bonds is 6. The van der Waals surface area contributed by atoms with Crippen molar-refractivity contribution in [1.82, 2.24) is 4.98 Å². The summed E-state index contributed by atoms with van der Waals surface area (Å²) in [5, 5.41) is 2.83. The minimum absolute atomic E-state index is 0.0381. The molecule has 0 saturated heterocycles. The number of pyridine rings is 1. The molecule has 0 spiro atoms. The molecule has 0 saturated carbocycles. The quantitative estimate of drug-likeness (QED) is 0.516. The normalized spacial score (nSPS) is 10.3. The molecule has 1 amide bonds. The summed E-state index contributed by atoms with van der Waals surface area (Å²) in [6.45, 7) is -0.413. The molecule has 0 unspecified atom stereocenters. The predicted octanol–water partition coefficient (Wildman–Crippen LogP) is 4.12. The predicted molar refractivity (Wildman–Crippen MR) is 104 cm³/mol. The van der Waals surface area contributed by atoms with Crippen LogP contribution in [0, 0.1) is 0 Å². The maximum Gasteiger partial charge on any atom is 0.341 e. The van der Waals surface area contributed by atoms with Crippen LogP contribution in [-0.2, 0) is 16.0 Å². The van der Waals surface area contributed by atoms with Gasteiger partial charge in [-0.3, -0.25) is 4.79 Å². The summed E-state index contributed by atoms with van der Waals surface area (Å²) in [4.78, 5) is 28.0. The lowest BCUT2D eigenvalue weighted by atomic mass is 10.0. The number of carbonyl (C=O) groups is 2. The number of esters is 1. The lowest BCUT2D eigenvalue weighted by Crippen LogP contribution is -2.21.